The number of nitriles is 1. The Morgan fingerprint density at radius 3 is 2.57 bits per heavy atom. The van der Waals surface area contributed by atoms with Gasteiger partial charge in [0.25, 0.3) is 0 Å². The molecule has 2 heteroatoms. The lowest BCUT2D eigenvalue weighted by Gasteiger charge is -1.94. The summed E-state index contributed by atoms with van der Waals surface area (Å²) in [5, 5.41) is 8.05. The summed E-state index contributed by atoms with van der Waals surface area (Å²) in [6, 6.07) is 2.08. The number of nitrogens with zero attached hydrogens (tertiary/aromatic N) is 1. The van der Waals surface area contributed by atoms with Gasteiger partial charge in [0, 0.05) is 16.7 Å². The lowest BCUT2D eigenvalue weighted by molar-refractivity contribution is 0.870. The second-order valence-corrected chi connectivity index (χ2v) is 3.43. The Kier molecular flexibility index (Phi) is 3.72. The van der Waals surface area contributed by atoms with Gasteiger partial charge in [0.1, 0.15) is 0 Å². The molecule has 0 N–H and O–H groups in total. The molecule has 1 atom stereocenters. The average Bonchev–Trinajstić information content (AvgIpc) is 1.61. The summed E-state index contributed by atoms with van der Waals surface area (Å²) >= 11 is 0. The minimum Gasteiger partial charge on any atom is -0.198 e. The highest BCUT2D eigenvalue weighted by Crippen LogP contribution is 2.03. The number of hydrogen-bond donors (Lipinski definition) is 0. The van der Waals surface area contributed by atoms with Crippen molar-refractivity contribution in [2.45, 2.75) is 18.4 Å². The van der Waals surface area contributed by atoms with Gasteiger partial charge in [-0.1, -0.05) is 12.5 Å². The highest BCUT2D eigenvalue weighted by atomic mass is 28.1. The van der Waals surface area contributed by atoms with Crippen LogP contribution in [0.3, 0.4) is 0 Å². The van der Waals surface area contributed by atoms with E-state index < -0.39 is 0 Å². The lowest BCUT2D eigenvalue weighted by Crippen LogP contribution is -1.82. The van der Waals surface area contributed by atoms with Crippen LogP contribution in [0.15, 0.2) is 0 Å². The average molecular weight is 112 g/mol. The topological polar surface area (TPSA) is 23.8 Å². The van der Waals surface area contributed by atoms with Crippen LogP contribution in [0.4, 0.5) is 0 Å². The van der Waals surface area contributed by atoms with Crippen LogP contribution in [0.5, 0.6) is 0 Å². The van der Waals surface area contributed by atoms with Gasteiger partial charge in [-0.15, -0.1) is 0 Å². The van der Waals surface area contributed by atoms with Gasteiger partial charge in [0.15, 0.2) is 0 Å². The first-order chi connectivity index (χ1) is 3.27. The second kappa shape index (κ2) is 3.88. The van der Waals surface area contributed by atoms with E-state index in [0.717, 1.165) is 16.7 Å². The third-order valence-electron chi connectivity index (χ3n) is 0.749. The van der Waals surface area contributed by atoms with E-state index in [0.29, 0.717) is 12.0 Å². The van der Waals surface area contributed by atoms with Crippen molar-refractivity contribution in [2.24, 2.45) is 0 Å². The van der Waals surface area contributed by atoms with Gasteiger partial charge in [0.2, 0.25) is 0 Å². The summed E-state index contributed by atoms with van der Waals surface area (Å²) in [4.78, 5) is 0. The van der Waals surface area contributed by atoms with Gasteiger partial charge in [-0.2, -0.15) is 5.26 Å². The maximum atomic E-state index is 8.05. The van der Waals surface area contributed by atoms with Gasteiger partial charge < -0.3 is 0 Å². The van der Waals surface area contributed by atoms with Crippen molar-refractivity contribution in [1.29, 1.82) is 5.26 Å². The third kappa shape index (κ3) is 5.71. The molecule has 0 saturated heterocycles. The van der Waals surface area contributed by atoms with Crippen molar-refractivity contribution in [3.05, 3.63) is 6.92 Å². The second-order valence-electron chi connectivity index (χ2n) is 1.80. The molecule has 1 nitrogen and oxygen atoms in total. The van der Waals surface area contributed by atoms with Crippen LogP contribution >= 0.6 is 0 Å². The van der Waals surface area contributed by atoms with E-state index in [9.17, 15) is 0 Å². The first-order valence-electron chi connectivity index (χ1n) is 2.47. The molecule has 39 valence electrons. The van der Waals surface area contributed by atoms with E-state index in [-0.39, 0.29) is 0 Å². The summed E-state index contributed by atoms with van der Waals surface area (Å²) in [6.07, 6.45) is 1.67. The normalized spacial score (nSPS) is 13.1. The fourth-order valence-corrected chi connectivity index (χ4v) is 0.600. The summed E-state index contributed by atoms with van der Waals surface area (Å²) in [7, 11) is 1.12. The molecule has 1 radical (unpaired) electrons. The van der Waals surface area contributed by atoms with Gasteiger partial charge in [-0.3, -0.25) is 0 Å². The summed E-state index contributed by atoms with van der Waals surface area (Å²) in [6.45, 7) is 3.79. The molecule has 0 aromatic carbocycles. The molecule has 7 heavy (non-hydrogen) atoms. The van der Waals surface area contributed by atoms with Crippen molar-refractivity contribution < 1.29 is 0 Å². The Balaban J connectivity index is 2.86. The SMILES string of the molecule is [CH2]C([SiH3])CCC#N. The molecule has 0 aliphatic rings. The van der Waals surface area contributed by atoms with Gasteiger partial charge >= 0.3 is 0 Å². The molecule has 0 amide bonds. The zero-order valence-corrected chi connectivity index (χ0v) is 6.65. The number of hydrogen-bond acceptors (Lipinski definition) is 1. The van der Waals surface area contributed by atoms with Crippen LogP contribution < -0.4 is 0 Å². The Hall–Kier alpha value is -0.293. The summed E-state index contributed by atoms with van der Waals surface area (Å²) in [5.74, 6) is 0. The quantitative estimate of drug-likeness (QED) is 0.471. The fourth-order valence-electron chi connectivity index (χ4n) is 0.311. The molecule has 0 spiro atoms. The van der Waals surface area contributed by atoms with E-state index in [1.165, 1.54) is 0 Å². The highest BCUT2D eigenvalue weighted by Gasteiger charge is 1.89. The zero-order valence-electron chi connectivity index (χ0n) is 4.65. The Morgan fingerprint density at radius 2 is 2.43 bits per heavy atom. The molecule has 0 aromatic rings. The Bertz CT molecular complexity index is 72.6. The predicted molar refractivity (Wildman–Crippen MR) is 33.9 cm³/mol. The predicted octanol–water partition coefficient (Wildman–Crippen LogP) is 0.278. The van der Waals surface area contributed by atoms with Crippen molar-refractivity contribution in [2.75, 3.05) is 0 Å². The molecule has 0 aliphatic heterocycles. The van der Waals surface area contributed by atoms with Crippen LogP contribution in [-0.2, 0) is 0 Å². The standard InChI is InChI=1S/C5H10NSi/c1-5(7)3-2-4-6/h5H,1-3H2,7H3. The maximum Gasteiger partial charge on any atom is 0.0621 e. The molecular formula is C5H10NSi. The first-order valence-corrected chi connectivity index (χ1v) is 3.63. The molecule has 0 aromatic heterocycles. The van der Waals surface area contributed by atoms with E-state index >= 15 is 0 Å². The first kappa shape index (κ1) is 6.71. The van der Waals surface area contributed by atoms with Crippen LogP contribution in [0, 0.1) is 18.3 Å². The molecule has 0 saturated carbocycles. The molecule has 0 rings (SSSR count). The zero-order chi connectivity index (χ0) is 5.70. The van der Waals surface area contributed by atoms with Crippen molar-refractivity contribution in [3.63, 3.8) is 0 Å². The van der Waals surface area contributed by atoms with E-state index in [1.54, 1.807) is 0 Å². The molecular weight excluding hydrogens is 102 g/mol. The van der Waals surface area contributed by atoms with Gasteiger partial charge in [0.05, 0.1) is 6.07 Å². The Labute approximate surface area is 47.8 Å². The molecule has 1 unspecified atom stereocenters. The largest absolute Gasteiger partial charge is 0.198 e. The van der Waals surface area contributed by atoms with E-state index in [4.69, 9.17) is 5.26 Å². The smallest absolute Gasteiger partial charge is 0.0621 e. The van der Waals surface area contributed by atoms with E-state index in [2.05, 4.69) is 13.0 Å². The van der Waals surface area contributed by atoms with Crippen LogP contribution in [-0.4, -0.2) is 10.2 Å². The molecule has 0 aliphatic carbocycles. The molecule has 0 heterocycles. The van der Waals surface area contributed by atoms with E-state index in [1.807, 2.05) is 0 Å². The third-order valence-corrected chi connectivity index (χ3v) is 1.33. The summed E-state index contributed by atoms with van der Waals surface area (Å²) in [5.41, 5.74) is 0.569. The monoisotopic (exact) mass is 112 g/mol. The van der Waals surface area contributed by atoms with Crippen LogP contribution in [0.2, 0.25) is 5.54 Å². The maximum absolute atomic E-state index is 8.05. The van der Waals surface area contributed by atoms with Crippen molar-refractivity contribution in [3.8, 4) is 6.07 Å². The number of rotatable bonds is 2. The molecule has 0 fully saturated rings. The summed E-state index contributed by atoms with van der Waals surface area (Å²) < 4.78 is 0. The minimum atomic E-state index is 0.569. The van der Waals surface area contributed by atoms with Gasteiger partial charge in [-0.25, -0.2) is 0 Å². The molecule has 0 bridgehead atoms. The van der Waals surface area contributed by atoms with Crippen molar-refractivity contribution >= 4 is 10.2 Å². The Morgan fingerprint density at radius 1 is 1.86 bits per heavy atom. The van der Waals surface area contributed by atoms with Crippen LogP contribution in [0.1, 0.15) is 12.8 Å². The fraction of sp³-hybridized carbons (Fsp3) is 0.600. The highest BCUT2D eigenvalue weighted by molar-refractivity contribution is 6.12. The minimum absolute atomic E-state index is 0.569. The lowest BCUT2D eigenvalue weighted by atomic mass is 10.3. The van der Waals surface area contributed by atoms with Crippen LogP contribution in [0.25, 0.3) is 0 Å². The van der Waals surface area contributed by atoms with Crippen molar-refractivity contribution in [1.82, 2.24) is 0 Å². The van der Waals surface area contributed by atoms with Gasteiger partial charge in [-0.05, 0) is 6.42 Å².